The molecule has 0 radical (unpaired) electrons. The highest BCUT2D eigenvalue weighted by Gasteiger charge is 2.17. The van der Waals surface area contributed by atoms with Crippen LogP contribution in [0.3, 0.4) is 0 Å². The first kappa shape index (κ1) is 15.9. The number of hydrogen-bond acceptors (Lipinski definition) is 3. The number of carbonyl (C=O) groups is 2. The molecule has 20 heavy (non-hydrogen) atoms. The molecule has 0 aliphatic heterocycles. The van der Waals surface area contributed by atoms with Crippen LogP contribution < -0.4 is 10.6 Å². The molecule has 2 unspecified atom stereocenters. The summed E-state index contributed by atoms with van der Waals surface area (Å²) in [5.74, 6) is -1.42. The van der Waals surface area contributed by atoms with Crippen molar-refractivity contribution in [3.05, 3.63) is 30.1 Å². The van der Waals surface area contributed by atoms with Crippen LogP contribution in [0.4, 0.5) is 4.79 Å². The molecule has 6 nitrogen and oxygen atoms in total. The number of carboxylic acid groups (broad SMARTS) is 1. The molecular weight excluding hydrogens is 258 g/mol. The second kappa shape index (κ2) is 8.14. The van der Waals surface area contributed by atoms with E-state index < -0.39 is 11.9 Å². The number of amides is 2. The van der Waals surface area contributed by atoms with Crippen molar-refractivity contribution in [2.75, 3.05) is 6.54 Å². The molecule has 1 aromatic rings. The quantitative estimate of drug-likeness (QED) is 0.711. The van der Waals surface area contributed by atoms with E-state index >= 15 is 0 Å². The van der Waals surface area contributed by atoms with Gasteiger partial charge in [-0.15, -0.1) is 0 Å². The molecule has 2 amide bonds. The zero-order valence-corrected chi connectivity index (χ0v) is 11.8. The van der Waals surface area contributed by atoms with Gasteiger partial charge in [0.1, 0.15) is 0 Å². The molecule has 0 fully saturated rings. The van der Waals surface area contributed by atoms with Crippen LogP contribution in [-0.4, -0.2) is 28.6 Å². The fourth-order valence-electron chi connectivity index (χ4n) is 1.84. The lowest BCUT2D eigenvalue weighted by Crippen LogP contribution is -2.40. The van der Waals surface area contributed by atoms with E-state index in [1.807, 2.05) is 19.9 Å². The van der Waals surface area contributed by atoms with Crippen LogP contribution in [0.2, 0.25) is 0 Å². The topological polar surface area (TPSA) is 91.3 Å². The number of carboxylic acids is 1. The molecule has 110 valence electrons. The minimum atomic E-state index is -0.882. The second-order valence-electron chi connectivity index (χ2n) is 4.69. The predicted molar refractivity (Wildman–Crippen MR) is 75.2 cm³/mol. The summed E-state index contributed by atoms with van der Waals surface area (Å²) in [4.78, 5) is 26.7. The molecule has 6 heteroatoms. The molecule has 0 saturated carbocycles. The minimum absolute atomic E-state index is 0.134. The van der Waals surface area contributed by atoms with Gasteiger partial charge in [-0.3, -0.25) is 9.78 Å². The van der Waals surface area contributed by atoms with Crippen LogP contribution in [0.1, 0.15) is 38.3 Å². The molecule has 2 atom stereocenters. The van der Waals surface area contributed by atoms with Gasteiger partial charge in [0.2, 0.25) is 0 Å². The first-order chi connectivity index (χ1) is 9.54. The number of urea groups is 1. The fourth-order valence-corrected chi connectivity index (χ4v) is 1.84. The lowest BCUT2D eigenvalue weighted by Gasteiger charge is -2.16. The Morgan fingerprint density at radius 2 is 2.20 bits per heavy atom. The Balaban J connectivity index is 2.41. The summed E-state index contributed by atoms with van der Waals surface area (Å²) in [6, 6.07) is 3.12. The van der Waals surface area contributed by atoms with Gasteiger partial charge in [-0.1, -0.05) is 19.4 Å². The number of rotatable bonds is 7. The normalized spacial score (nSPS) is 13.3. The number of carbonyl (C=O) groups excluding carboxylic acids is 1. The molecule has 0 spiro atoms. The molecule has 3 N–H and O–H groups in total. The van der Waals surface area contributed by atoms with Crippen molar-refractivity contribution < 1.29 is 14.7 Å². The van der Waals surface area contributed by atoms with Crippen molar-refractivity contribution in [3.63, 3.8) is 0 Å². The Labute approximate surface area is 118 Å². The first-order valence-corrected chi connectivity index (χ1v) is 6.71. The molecule has 0 saturated heterocycles. The molecular formula is C14H21N3O3. The summed E-state index contributed by atoms with van der Waals surface area (Å²) in [5, 5.41) is 14.3. The van der Waals surface area contributed by atoms with Gasteiger partial charge in [-0.2, -0.15) is 0 Å². The van der Waals surface area contributed by atoms with E-state index in [4.69, 9.17) is 5.11 Å². The van der Waals surface area contributed by atoms with Gasteiger partial charge in [0, 0.05) is 18.9 Å². The van der Waals surface area contributed by atoms with Crippen molar-refractivity contribution in [1.82, 2.24) is 15.6 Å². The number of pyridine rings is 1. The van der Waals surface area contributed by atoms with Crippen LogP contribution in [0.25, 0.3) is 0 Å². The monoisotopic (exact) mass is 279 g/mol. The second-order valence-corrected chi connectivity index (χ2v) is 4.69. The SMILES string of the molecule is CCCC(CNC(=O)NC(C)c1cccnc1)C(=O)O. The third-order valence-electron chi connectivity index (χ3n) is 3.03. The van der Waals surface area contributed by atoms with E-state index in [2.05, 4.69) is 15.6 Å². The zero-order valence-electron chi connectivity index (χ0n) is 11.8. The van der Waals surface area contributed by atoms with Gasteiger partial charge < -0.3 is 15.7 Å². The highest BCUT2D eigenvalue weighted by molar-refractivity contribution is 5.76. The molecule has 1 rings (SSSR count). The lowest BCUT2D eigenvalue weighted by molar-refractivity contribution is -0.141. The molecule has 0 aromatic carbocycles. The number of hydrogen-bond donors (Lipinski definition) is 3. The summed E-state index contributed by atoms with van der Waals surface area (Å²) < 4.78 is 0. The Morgan fingerprint density at radius 3 is 2.75 bits per heavy atom. The average molecular weight is 279 g/mol. The fraction of sp³-hybridized carbons (Fsp3) is 0.500. The van der Waals surface area contributed by atoms with Gasteiger partial charge in [-0.25, -0.2) is 4.79 Å². The maximum Gasteiger partial charge on any atom is 0.315 e. The van der Waals surface area contributed by atoms with Gasteiger partial charge in [0.05, 0.1) is 12.0 Å². The predicted octanol–water partition coefficient (Wildman–Crippen LogP) is 1.94. The Hall–Kier alpha value is -2.11. The van der Waals surface area contributed by atoms with E-state index in [0.29, 0.717) is 6.42 Å². The highest BCUT2D eigenvalue weighted by atomic mass is 16.4. The van der Waals surface area contributed by atoms with Crippen molar-refractivity contribution >= 4 is 12.0 Å². The summed E-state index contributed by atoms with van der Waals surface area (Å²) >= 11 is 0. The van der Waals surface area contributed by atoms with E-state index in [0.717, 1.165) is 12.0 Å². The van der Waals surface area contributed by atoms with Crippen LogP contribution in [0, 0.1) is 5.92 Å². The van der Waals surface area contributed by atoms with E-state index in [9.17, 15) is 9.59 Å². The van der Waals surface area contributed by atoms with Crippen LogP contribution >= 0.6 is 0 Å². The molecule has 1 heterocycles. The maximum absolute atomic E-state index is 11.7. The first-order valence-electron chi connectivity index (χ1n) is 6.71. The average Bonchev–Trinajstić information content (AvgIpc) is 2.44. The smallest absolute Gasteiger partial charge is 0.315 e. The molecule has 0 bridgehead atoms. The third kappa shape index (κ3) is 5.26. The standard InChI is InChI=1S/C14H21N3O3/c1-3-5-12(13(18)19)9-16-14(20)17-10(2)11-6-4-7-15-8-11/h4,6-8,10,12H,3,5,9H2,1-2H3,(H,18,19)(H2,16,17,20). The van der Waals surface area contributed by atoms with Crippen molar-refractivity contribution in [3.8, 4) is 0 Å². The lowest BCUT2D eigenvalue weighted by atomic mass is 10.0. The van der Waals surface area contributed by atoms with Gasteiger partial charge in [0.25, 0.3) is 0 Å². The Morgan fingerprint density at radius 1 is 1.45 bits per heavy atom. The van der Waals surface area contributed by atoms with Crippen molar-refractivity contribution in [2.24, 2.45) is 5.92 Å². The number of aliphatic carboxylic acids is 1. The van der Waals surface area contributed by atoms with Crippen molar-refractivity contribution in [1.29, 1.82) is 0 Å². The van der Waals surface area contributed by atoms with E-state index in [1.54, 1.807) is 18.5 Å². The third-order valence-corrected chi connectivity index (χ3v) is 3.03. The van der Waals surface area contributed by atoms with Crippen LogP contribution in [-0.2, 0) is 4.79 Å². The summed E-state index contributed by atoms with van der Waals surface area (Å²) in [5.41, 5.74) is 0.894. The zero-order chi connectivity index (χ0) is 15.0. The van der Waals surface area contributed by atoms with Gasteiger partial charge >= 0.3 is 12.0 Å². The van der Waals surface area contributed by atoms with Crippen LogP contribution in [0.5, 0.6) is 0 Å². The maximum atomic E-state index is 11.7. The van der Waals surface area contributed by atoms with Crippen LogP contribution in [0.15, 0.2) is 24.5 Å². The number of aromatic nitrogens is 1. The number of nitrogens with zero attached hydrogens (tertiary/aromatic N) is 1. The Bertz CT molecular complexity index is 437. The largest absolute Gasteiger partial charge is 0.481 e. The molecule has 0 aliphatic rings. The summed E-state index contributed by atoms with van der Waals surface area (Å²) in [7, 11) is 0. The summed E-state index contributed by atoms with van der Waals surface area (Å²) in [6.07, 6.45) is 4.67. The van der Waals surface area contributed by atoms with Gasteiger partial charge in [0.15, 0.2) is 0 Å². The van der Waals surface area contributed by atoms with E-state index in [-0.39, 0.29) is 18.6 Å². The van der Waals surface area contributed by atoms with E-state index in [1.165, 1.54) is 0 Å². The molecule has 0 aliphatic carbocycles. The number of nitrogens with one attached hydrogen (secondary N) is 2. The van der Waals surface area contributed by atoms with Crippen molar-refractivity contribution in [2.45, 2.75) is 32.7 Å². The molecule has 1 aromatic heterocycles. The summed E-state index contributed by atoms with van der Waals surface area (Å²) in [6.45, 7) is 3.90. The van der Waals surface area contributed by atoms with Gasteiger partial charge in [-0.05, 0) is 25.0 Å². The minimum Gasteiger partial charge on any atom is -0.481 e. The Kier molecular flexibility index (Phi) is 6.49. The highest BCUT2D eigenvalue weighted by Crippen LogP contribution is 2.09.